The van der Waals surface area contributed by atoms with Gasteiger partial charge >= 0.3 is 0 Å². The summed E-state index contributed by atoms with van der Waals surface area (Å²) in [5, 5.41) is 4.27. The first-order valence-electron chi connectivity index (χ1n) is 4.79. The average molecular weight is 255 g/mol. The van der Waals surface area contributed by atoms with Crippen molar-refractivity contribution >= 4 is 17.5 Å². The lowest BCUT2D eigenvalue weighted by Gasteiger charge is -2.09. The summed E-state index contributed by atoms with van der Waals surface area (Å²) in [6.45, 7) is 0. The molecule has 1 aromatic heterocycles. The van der Waals surface area contributed by atoms with Gasteiger partial charge in [-0.05, 0) is 6.07 Å². The third kappa shape index (κ3) is 2.14. The van der Waals surface area contributed by atoms with Crippen LogP contribution >= 0.6 is 11.6 Å². The number of hydrogen-bond donors (Lipinski definition) is 1. The standard InChI is InChI=1S/C11H11ClN2O3/c1-15-9-5-10(16-2)7(12)3-6(9)8-4-11(13)17-14-8/h3-5H,13H2,1-2H3. The summed E-state index contributed by atoms with van der Waals surface area (Å²) >= 11 is 6.04. The fourth-order valence-corrected chi connectivity index (χ4v) is 1.72. The van der Waals surface area contributed by atoms with Gasteiger partial charge in [0, 0.05) is 17.7 Å². The second-order valence-electron chi connectivity index (χ2n) is 3.30. The number of ether oxygens (including phenoxy) is 2. The van der Waals surface area contributed by atoms with Crippen molar-refractivity contribution in [2.75, 3.05) is 20.0 Å². The molecule has 0 bridgehead atoms. The Morgan fingerprint density at radius 3 is 2.41 bits per heavy atom. The van der Waals surface area contributed by atoms with E-state index >= 15 is 0 Å². The van der Waals surface area contributed by atoms with Gasteiger partial charge in [-0.25, -0.2) is 0 Å². The molecule has 90 valence electrons. The molecule has 0 amide bonds. The molecule has 17 heavy (non-hydrogen) atoms. The fraction of sp³-hybridized carbons (Fsp3) is 0.182. The number of nitrogens with two attached hydrogens (primary N) is 1. The molecule has 0 unspecified atom stereocenters. The highest BCUT2D eigenvalue weighted by Crippen LogP contribution is 2.38. The summed E-state index contributed by atoms with van der Waals surface area (Å²) in [5.41, 5.74) is 6.73. The van der Waals surface area contributed by atoms with E-state index in [2.05, 4.69) is 5.16 Å². The van der Waals surface area contributed by atoms with E-state index in [9.17, 15) is 0 Å². The number of hydrogen-bond acceptors (Lipinski definition) is 5. The van der Waals surface area contributed by atoms with Crippen molar-refractivity contribution in [1.29, 1.82) is 0 Å². The number of aromatic nitrogens is 1. The second kappa shape index (κ2) is 4.55. The molecule has 1 heterocycles. The number of nitrogens with zero attached hydrogens (tertiary/aromatic N) is 1. The Labute approximate surface area is 103 Å². The van der Waals surface area contributed by atoms with Crippen LogP contribution in [0.25, 0.3) is 11.3 Å². The molecular formula is C11H11ClN2O3. The molecule has 0 radical (unpaired) electrons. The largest absolute Gasteiger partial charge is 0.496 e. The minimum absolute atomic E-state index is 0.231. The normalized spacial score (nSPS) is 10.3. The Hall–Kier alpha value is -1.88. The predicted octanol–water partition coefficient (Wildman–Crippen LogP) is 2.59. The van der Waals surface area contributed by atoms with Crippen LogP contribution in [0.4, 0.5) is 5.88 Å². The lowest BCUT2D eigenvalue weighted by atomic mass is 10.1. The first-order valence-corrected chi connectivity index (χ1v) is 5.17. The Morgan fingerprint density at radius 1 is 1.18 bits per heavy atom. The molecule has 0 aliphatic rings. The summed E-state index contributed by atoms with van der Waals surface area (Å²) in [6.07, 6.45) is 0. The number of halogens is 1. The van der Waals surface area contributed by atoms with Gasteiger partial charge in [0.25, 0.3) is 0 Å². The maximum atomic E-state index is 6.04. The van der Waals surface area contributed by atoms with E-state index in [0.717, 1.165) is 0 Å². The van der Waals surface area contributed by atoms with E-state index in [1.165, 1.54) is 7.11 Å². The van der Waals surface area contributed by atoms with E-state index in [1.54, 1.807) is 25.3 Å². The maximum absolute atomic E-state index is 6.04. The van der Waals surface area contributed by atoms with E-state index < -0.39 is 0 Å². The quantitative estimate of drug-likeness (QED) is 0.912. The summed E-state index contributed by atoms with van der Waals surface area (Å²) in [6, 6.07) is 4.97. The zero-order valence-electron chi connectivity index (χ0n) is 9.36. The van der Waals surface area contributed by atoms with Crippen LogP contribution in [-0.2, 0) is 0 Å². The minimum Gasteiger partial charge on any atom is -0.496 e. The fourth-order valence-electron chi connectivity index (χ4n) is 1.48. The van der Waals surface area contributed by atoms with Gasteiger partial charge in [-0.1, -0.05) is 16.8 Å². The molecule has 6 heteroatoms. The third-order valence-electron chi connectivity index (χ3n) is 2.28. The van der Waals surface area contributed by atoms with Crippen molar-refractivity contribution in [3.05, 3.63) is 23.2 Å². The third-order valence-corrected chi connectivity index (χ3v) is 2.57. The van der Waals surface area contributed by atoms with Crippen LogP contribution in [0.1, 0.15) is 0 Å². The SMILES string of the molecule is COc1cc(OC)c(-c2cc(N)on2)cc1Cl. The van der Waals surface area contributed by atoms with Gasteiger partial charge in [0.05, 0.1) is 19.2 Å². The van der Waals surface area contributed by atoms with Gasteiger partial charge in [0.2, 0.25) is 5.88 Å². The number of benzene rings is 1. The summed E-state index contributed by atoms with van der Waals surface area (Å²) in [5.74, 6) is 1.34. The van der Waals surface area contributed by atoms with Crippen molar-refractivity contribution < 1.29 is 14.0 Å². The summed E-state index contributed by atoms with van der Waals surface area (Å²) in [7, 11) is 3.09. The van der Waals surface area contributed by atoms with Crippen LogP contribution in [0.5, 0.6) is 11.5 Å². The Morgan fingerprint density at radius 2 is 1.88 bits per heavy atom. The monoisotopic (exact) mass is 254 g/mol. The Kier molecular flexibility index (Phi) is 3.10. The lowest BCUT2D eigenvalue weighted by Crippen LogP contribution is -1.91. The lowest BCUT2D eigenvalue weighted by molar-refractivity contribution is 0.394. The molecule has 2 aromatic rings. The number of anilines is 1. The highest BCUT2D eigenvalue weighted by Gasteiger charge is 2.14. The highest BCUT2D eigenvalue weighted by molar-refractivity contribution is 6.32. The van der Waals surface area contributed by atoms with Crippen molar-refractivity contribution in [3.8, 4) is 22.8 Å². The van der Waals surface area contributed by atoms with E-state index in [1.807, 2.05) is 0 Å². The van der Waals surface area contributed by atoms with Crippen molar-refractivity contribution in [3.63, 3.8) is 0 Å². The second-order valence-corrected chi connectivity index (χ2v) is 3.71. The number of methoxy groups -OCH3 is 2. The molecule has 0 aliphatic heterocycles. The van der Waals surface area contributed by atoms with E-state index in [-0.39, 0.29) is 5.88 Å². The molecule has 1 aromatic carbocycles. The van der Waals surface area contributed by atoms with Gasteiger partial charge in [0.1, 0.15) is 17.2 Å². The average Bonchev–Trinajstić information content (AvgIpc) is 2.75. The highest BCUT2D eigenvalue weighted by atomic mass is 35.5. The van der Waals surface area contributed by atoms with Crippen LogP contribution in [-0.4, -0.2) is 19.4 Å². The molecule has 0 aliphatic carbocycles. The molecule has 2 rings (SSSR count). The zero-order chi connectivity index (χ0) is 12.4. The molecule has 0 atom stereocenters. The topological polar surface area (TPSA) is 70.5 Å². The summed E-state index contributed by atoms with van der Waals surface area (Å²) in [4.78, 5) is 0. The molecule has 5 nitrogen and oxygen atoms in total. The predicted molar refractivity (Wildman–Crippen MR) is 64.5 cm³/mol. The van der Waals surface area contributed by atoms with Gasteiger partial charge in [-0.15, -0.1) is 0 Å². The number of rotatable bonds is 3. The molecule has 0 fully saturated rings. The minimum atomic E-state index is 0.231. The van der Waals surface area contributed by atoms with Gasteiger partial charge in [-0.2, -0.15) is 0 Å². The molecular weight excluding hydrogens is 244 g/mol. The van der Waals surface area contributed by atoms with Crippen molar-refractivity contribution in [2.45, 2.75) is 0 Å². The first kappa shape index (κ1) is 11.6. The van der Waals surface area contributed by atoms with E-state index in [0.29, 0.717) is 27.8 Å². The Bertz CT molecular complexity index is 540. The molecule has 0 spiro atoms. The van der Waals surface area contributed by atoms with Gasteiger partial charge in [0.15, 0.2) is 0 Å². The van der Waals surface area contributed by atoms with E-state index in [4.69, 9.17) is 31.3 Å². The summed E-state index contributed by atoms with van der Waals surface area (Å²) < 4.78 is 15.2. The first-order chi connectivity index (χ1) is 8.15. The van der Waals surface area contributed by atoms with Crippen LogP contribution in [0, 0.1) is 0 Å². The Balaban J connectivity index is 2.57. The van der Waals surface area contributed by atoms with Crippen LogP contribution in [0.2, 0.25) is 5.02 Å². The van der Waals surface area contributed by atoms with Gasteiger partial charge in [-0.3, -0.25) is 0 Å². The van der Waals surface area contributed by atoms with Crippen molar-refractivity contribution in [2.24, 2.45) is 0 Å². The van der Waals surface area contributed by atoms with Crippen molar-refractivity contribution in [1.82, 2.24) is 5.16 Å². The molecule has 0 saturated carbocycles. The molecule has 0 saturated heterocycles. The van der Waals surface area contributed by atoms with Crippen LogP contribution in [0.15, 0.2) is 22.7 Å². The van der Waals surface area contributed by atoms with Crippen LogP contribution < -0.4 is 15.2 Å². The van der Waals surface area contributed by atoms with Crippen LogP contribution in [0.3, 0.4) is 0 Å². The maximum Gasteiger partial charge on any atom is 0.222 e. The number of nitrogen functional groups attached to an aromatic ring is 1. The van der Waals surface area contributed by atoms with Gasteiger partial charge < -0.3 is 19.7 Å². The molecule has 2 N–H and O–H groups in total. The smallest absolute Gasteiger partial charge is 0.222 e. The zero-order valence-corrected chi connectivity index (χ0v) is 10.1.